The van der Waals surface area contributed by atoms with Crippen LogP contribution < -0.4 is 4.74 Å². The molecule has 0 aliphatic carbocycles. The number of pyridine rings is 1. The molecule has 3 aromatic rings. The number of ether oxygens (including phenoxy) is 1. The monoisotopic (exact) mass is 482 g/mol. The van der Waals surface area contributed by atoms with Crippen molar-refractivity contribution in [3.63, 3.8) is 0 Å². The third-order valence-corrected chi connectivity index (χ3v) is 7.15. The van der Waals surface area contributed by atoms with E-state index in [1.165, 1.54) is 5.56 Å². The second kappa shape index (κ2) is 10.4. The van der Waals surface area contributed by atoms with Crippen LogP contribution in [0.25, 0.3) is 0 Å². The highest BCUT2D eigenvalue weighted by molar-refractivity contribution is 5.94. The molecule has 6 heteroatoms. The highest BCUT2D eigenvalue weighted by Crippen LogP contribution is 2.35. The molecule has 7 bridgehead atoms. The van der Waals surface area contributed by atoms with Crippen molar-refractivity contribution in [2.45, 2.75) is 38.6 Å². The lowest BCUT2D eigenvalue weighted by molar-refractivity contribution is -0.141. The highest BCUT2D eigenvalue weighted by Gasteiger charge is 2.29. The van der Waals surface area contributed by atoms with E-state index in [2.05, 4.69) is 29.3 Å². The van der Waals surface area contributed by atoms with Gasteiger partial charge in [-0.25, -0.2) is 4.98 Å². The van der Waals surface area contributed by atoms with Gasteiger partial charge in [-0.15, -0.1) is 0 Å². The quantitative estimate of drug-likeness (QED) is 0.519. The van der Waals surface area contributed by atoms with Crippen molar-refractivity contribution < 1.29 is 19.4 Å². The number of carboxylic acid groups (broad SMARTS) is 1. The summed E-state index contributed by atoms with van der Waals surface area (Å²) in [6.07, 6.45) is 8.23. The maximum absolute atomic E-state index is 13.3. The van der Waals surface area contributed by atoms with Gasteiger partial charge in [0.05, 0.1) is 12.5 Å². The average molecular weight is 483 g/mol. The maximum atomic E-state index is 13.3. The molecule has 8 rings (SSSR count). The Morgan fingerprint density at radius 3 is 2.61 bits per heavy atom. The molecule has 1 N–H and O–H groups in total. The average Bonchev–Trinajstić information content (AvgIpc) is 2.90. The first kappa shape index (κ1) is 23.8. The second-order valence-electron chi connectivity index (χ2n) is 9.55. The number of allylic oxidation sites excluding steroid dienone is 1. The van der Waals surface area contributed by atoms with E-state index < -0.39 is 11.9 Å². The van der Waals surface area contributed by atoms with Crippen LogP contribution in [0.2, 0.25) is 0 Å². The Morgan fingerprint density at radius 2 is 1.86 bits per heavy atom. The van der Waals surface area contributed by atoms with E-state index in [-0.39, 0.29) is 11.8 Å². The first-order valence-corrected chi connectivity index (χ1v) is 12.5. The molecule has 6 heterocycles. The number of benzene rings is 2. The first-order valence-electron chi connectivity index (χ1n) is 12.5. The number of carbonyl (C=O) groups is 2. The Labute approximate surface area is 211 Å². The van der Waals surface area contributed by atoms with Gasteiger partial charge in [0.25, 0.3) is 5.91 Å². The number of aliphatic carboxylic acids is 1. The minimum absolute atomic E-state index is 0.0198. The molecule has 0 saturated carbocycles. The third kappa shape index (κ3) is 5.03. The predicted octanol–water partition coefficient (Wildman–Crippen LogP) is 5.01. The zero-order valence-corrected chi connectivity index (χ0v) is 20.4. The van der Waals surface area contributed by atoms with Gasteiger partial charge < -0.3 is 14.7 Å². The molecule has 36 heavy (non-hydrogen) atoms. The Morgan fingerprint density at radius 1 is 1.06 bits per heavy atom. The maximum Gasteiger partial charge on any atom is 0.307 e. The number of carboxylic acids is 1. The summed E-state index contributed by atoms with van der Waals surface area (Å²) in [4.78, 5) is 31.7. The normalized spacial score (nSPS) is 19.4. The fourth-order valence-corrected chi connectivity index (χ4v) is 5.05. The van der Waals surface area contributed by atoms with Crippen molar-refractivity contribution in [2.24, 2.45) is 5.92 Å². The minimum Gasteiger partial charge on any atom is -0.481 e. The Balaban J connectivity index is 1.54. The fraction of sp³-hybridized carbons (Fsp3) is 0.300. The molecule has 0 fully saturated rings. The Hall–Kier alpha value is -3.93. The van der Waals surface area contributed by atoms with E-state index in [0.717, 1.165) is 41.5 Å². The number of hydrogen-bond acceptors (Lipinski definition) is 4. The molecule has 1 aromatic heterocycles. The van der Waals surface area contributed by atoms with E-state index in [9.17, 15) is 14.7 Å². The lowest BCUT2D eigenvalue weighted by Gasteiger charge is -2.30. The molecule has 1 amide bonds. The number of carbonyl (C=O) groups excluding carboxylic acids is 1. The van der Waals surface area contributed by atoms with Crippen LogP contribution in [0.5, 0.6) is 5.88 Å². The number of amides is 1. The summed E-state index contributed by atoms with van der Waals surface area (Å²) < 4.78 is 5.79. The summed E-state index contributed by atoms with van der Waals surface area (Å²) in [5.74, 6) is -1.34. The van der Waals surface area contributed by atoms with Crippen molar-refractivity contribution in [1.29, 1.82) is 0 Å². The standard InChI is InChI=1S/C30H30N2O4/c1-20(30(34)35)28-24-11-10-22-14-15-32(19-26(22)17-24)29(33)23-8-6-21(7-9-23)5-3-2-4-16-36-27-13-12-25(28)18-31-27/h2-3,6-13,17-18,20,28H,4-5,14-16,19H2,1H3,(H,34,35)/b3-2+/t20-,28+/m0/s1. The first-order chi connectivity index (χ1) is 17.5. The summed E-state index contributed by atoms with van der Waals surface area (Å²) in [7, 11) is 0. The molecule has 0 saturated heterocycles. The lowest BCUT2D eigenvalue weighted by Crippen LogP contribution is -2.36. The van der Waals surface area contributed by atoms with Gasteiger partial charge in [0, 0.05) is 36.8 Å². The number of aromatic nitrogens is 1. The zero-order chi connectivity index (χ0) is 25.1. The highest BCUT2D eigenvalue weighted by atomic mass is 16.5. The fourth-order valence-electron chi connectivity index (χ4n) is 5.05. The van der Waals surface area contributed by atoms with Crippen LogP contribution in [0, 0.1) is 5.92 Å². The SMILES string of the molecule is C[C@H](C(=O)O)[C@H]1c2ccc(nc2)OCC/C=C/Cc2ccc(cc2)C(=O)N2CCc3ccc1cc3C2. The lowest BCUT2D eigenvalue weighted by atomic mass is 9.80. The summed E-state index contributed by atoms with van der Waals surface area (Å²) in [6, 6.07) is 17.7. The molecule has 5 aliphatic heterocycles. The Bertz CT molecular complexity index is 1280. The smallest absolute Gasteiger partial charge is 0.307 e. The molecule has 184 valence electrons. The summed E-state index contributed by atoms with van der Waals surface area (Å²) in [5.41, 5.74) is 5.84. The molecular formula is C30H30N2O4. The molecule has 2 atom stereocenters. The van der Waals surface area contributed by atoms with E-state index in [4.69, 9.17) is 4.74 Å². The molecule has 0 radical (unpaired) electrons. The molecule has 2 aromatic carbocycles. The van der Waals surface area contributed by atoms with Crippen LogP contribution in [-0.4, -0.2) is 40.0 Å². The van der Waals surface area contributed by atoms with Crippen molar-refractivity contribution in [2.75, 3.05) is 13.2 Å². The van der Waals surface area contributed by atoms with Gasteiger partial charge in [0.1, 0.15) is 0 Å². The van der Waals surface area contributed by atoms with Crippen molar-refractivity contribution in [3.8, 4) is 5.88 Å². The summed E-state index contributed by atoms with van der Waals surface area (Å²) in [5, 5.41) is 9.88. The van der Waals surface area contributed by atoms with Gasteiger partial charge >= 0.3 is 5.97 Å². The van der Waals surface area contributed by atoms with Crippen molar-refractivity contribution >= 4 is 11.9 Å². The van der Waals surface area contributed by atoms with Crippen molar-refractivity contribution in [1.82, 2.24) is 9.88 Å². The molecular weight excluding hydrogens is 452 g/mol. The van der Waals surface area contributed by atoms with Crippen LogP contribution in [-0.2, 0) is 24.2 Å². The minimum atomic E-state index is -0.865. The summed E-state index contributed by atoms with van der Waals surface area (Å²) >= 11 is 0. The third-order valence-electron chi connectivity index (χ3n) is 7.15. The summed E-state index contributed by atoms with van der Waals surface area (Å²) in [6.45, 7) is 3.40. The molecule has 6 nitrogen and oxygen atoms in total. The van der Waals surface area contributed by atoms with E-state index in [1.807, 2.05) is 47.4 Å². The molecule has 0 unspecified atom stereocenters. The topological polar surface area (TPSA) is 79.7 Å². The van der Waals surface area contributed by atoms with Gasteiger partial charge in [-0.3, -0.25) is 9.59 Å². The predicted molar refractivity (Wildman–Crippen MR) is 137 cm³/mol. The van der Waals surface area contributed by atoms with E-state index in [0.29, 0.717) is 31.1 Å². The van der Waals surface area contributed by atoms with Crippen LogP contribution >= 0.6 is 0 Å². The van der Waals surface area contributed by atoms with E-state index >= 15 is 0 Å². The largest absolute Gasteiger partial charge is 0.481 e. The number of rotatable bonds is 2. The van der Waals surface area contributed by atoms with Gasteiger partial charge in [-0.05, 0) is 59.2 Å². The molecule has 0 spiro atoms. The van der Waals surface area contributed by atoms with Crippen molar-refractivity contribution in [3.05, 3.63) is 106 Å². The van der Waals surface area contributed by atoms with Gasteiger partial charge in [0.15, 0.2) is 0 Å². The Kier molecular flexibility index (Phi) is 6.85. The molecule has 5 aliphatic rings. The van der Waals surface area contributed by atoms with Gasteiger partial charge in [-0.1, -0.05) is 55.5 Å². The van der Waals surface area contributed by atoms with Gasteiger partial charge in [-0.2, -0.15) is 0 Å². The number of nitrogens with zero attached hydrogens (tertiary/aromatic N) is 2. The van der Waals surface area contributed by atoms with Crippen LogP contribution in [0.3, 0.4) is 0 Å². The van der Waals surface area contributed by atoms with Crippen LogP contribution in [0.4, 0.5) is 0 Å². The van der Waals surface area contributed by atoms with Gasteiger partial charge in [0.2, 0.25) is 5.88 Å². The van der Waals surface area contributed by atoms with E-state index in [1.54, 1.807) is 13.1 Å². The van der Waals surface area contributed by atoms with Crippen LogP contribution in [0.1, 0.15) is 57.4 Å². The number of hydrogen-bond donors (Lipinski definition) is 1. The second-order valence-corrected chi connectivity index (χ2v) is 9.55. The van der Waals surface area contributed by atoms with Crippen LogP contribution in [0.15, 0.2) is 72.9 Å². The zero-order valence-electron chi connectivity index (χ0n) is 20.4.